The summed E-state index contributed by atoms with van der Waals surface area (Å²) in [7, 11) is 0. The topological polar surface area (TPSA) is 38.3 Å². The molecule has 3 nitrogen and oxygen atoms in total. The molecule has 0 bridgehead atoms. The van der Waals surface area contributed by atoms with Gasteiger partial charge in [-0.25, -0.2) is 0 Å². The van der Waals surface area contributed by atoms with Crippen LogP contribution in [-0.2, 0) is 9.53 Å². The molecule has 1 amide bonds. The molecule has 1 N–H and O–H groups in total. The smallest absolute Gasteiger partial charge is 0.246 e. The maximum atomic E-state index is 11.4. The summed E-state index contributed by atoms with van der Waals surface area (Å²) in [5.41, 5.74) is 0. The number of amides is 1. The highest BCUT2D eigenvalue weighted by Gasteiger charge is 2.22. The Balaban J connectivity index is 2.13. The Morgan fingerprint density at radius 3 is 2.73 bits per heavy atom. The molecule has 3 heteroatoms. The zero-order chi connectivity index (χ0) is 11.1. The van der Waals surface area contributed by atoms with Crippen LogP contribution >= 0.6 is 0 Å². The zero-order valence-corrected chi connectivity index (χ0v) is 9.92. The molecule has 1 aliphatic rings. The van der Waals surface area contributed by atoms with Crippen molar-refractivity contribution in [1.29, 1.82) is 0 Å². The van der Waals surface area contributed by atoms with Crippen LogP contribution in [0.2, 0.25) is 0 Å². The van der Waals surface area contributed by atoms with Crippen molar-refractivity contribution < 1.29 is 9.53 Å². The number of hydrogen-bond donors (Lipinski definition) is 1. The van der Waals surface area contributed by atoms with Crippen molar-refractivity contribution in [1.82, 2.24) is 5.32 Å². The van der Waals surface area contributed by atoms with Gasteiger partial charge < -0.3 is 10.1 Å². The van der Waals surface area contributed by atoms with Gasteiger partial charge in [0.25, 0.3) is 0 Å². The van der Waals surface area contributed by atoms with Crippen molar-refractivity contribution in [2.75, 3.05) is 13.2 Å². The molecular formula is C12H23NO2. The van der Waals surface area contributed by atoms with E-state index < -0.39 is 0 Å². The second kappa shape index (κ2) is 6.83. The summed E-state index contributed by atoms with van der Waals surface area (Å²) in [6.45, 7) is 5.03. The summed E-state index contributed by atoms with van der Waals surface area (Å²) >= 11 is 0. The van der Waals surface area contributed by atoms with Crippen molar-refractivity contribution in [3.05, 3.63) is 0 Å². The molecule has 0 unspecified atom stereocenters. The second-order valence-electron chi connectivity index (χ2n) is 4.45. The molecule has 0 saturated heterocycles. The Hall–Kier alpha value is -0.570. The quantitative estimate of drug-likeness (QED) is 0.686. The highest BCUT2D eigenvalue weighted by molar-refractivity contribution is 5.77. The van der Waals surface area contributed by atoms with Crippen LogP contribution in [0.1, 0.15) is 46.0 Å². The Labute approximate surface area is 92.6 Å². The van der Waals surface area contributed by atoms with E-state index in [1.54, 1.807) is 0 Å². The molecule has 0 aromatic rings. The summed E-state index contributed by atoms with van der Waals surface area (Å²) in [6.07, 6.45) is 6.12. The first-order valence-corrected chi connectivity index (χ1v) is 6.11. The van der Waals surface area contributed by atoms with Crippen molar-refractivity contribution in [3.63, 3.8) is 0 Å². The van der Waals surface area contributed by atoms with Crippen molar-refractivity contribution in [2.24, 2.45) is 5.92 Å². The zero-order valence-electron chi connectivity index (χ0n) is 9.92. The van der Waals surface area contributed by atoms with E-state index in [9.17, 15) is 4.79 Å². The first kappa shape index (κ1) is 12.5. The highest BCUT2D eigenvalue weighted by atomic mass is 16.5. The third-order valence-corrected chi connectivity index (χ3v) is 3.08. The van der Waals surface area contributed by atoms with Crippen LogP contribution in [-0.4, -0.2) is 25.2 Å². The molecule has 0 aromatic heterocycles. The predicted molar refractivity (Wildman–Crippen MR) is 60.7 cm³/mol. The summed E-state index contributed by atoms with van der Waals surface area (Å²) < 4.78 is 5.20. The van der Waals surface area contributed by atoms with Gasteiger partial charge in [0.05, 0.1) is 0 Å². The number of rotatable bonds is 6. The molecule has 1 aliphatic carbocycles. The Bertz CT molecular complexity index is 188. The lowest BCUT2D eigenvalue weighted by Crippen LogP contribution is -2.39. The fraction of sp³-hybridized carbons (Fsp3) is 0.917. The van der Waals surface area contributed by atoms with Crippen LogP contribution in [0.5, 0.6) is 0 Å². The fourth-order valence-corrected chi connectivity index (χ4v) is 2.18. The van der Waals surface area contributed by atoms with E-state index in [0.29, 0.717) is 18.6 Å². The second-order valence-corrected chi connectivity index (χ2v) is 4.45. The van der Waals surface area contributed by atoms with Crippen molar-refractivity contribution in [3.8, 4) is 0 Å². The molecule has 15 heavy (non-hydrogen) atoms. The normalized spacial score (nSPS) is 19.1. The summed E-state index contributed by atoms with van der Waals surface area (Å²) in [6, 6.07) is 0.310. The maximum absolute atomic E-state index is 11.4. The Morgan fingerprint density at radius 2 is 2.13 bits per heavy atom. The molecule has 1 saturated carbocycles. The Kier molecular flexibility index (Phi) is 5.69. The number of ether oxygens (including phenoxy) is 1. The van der Waals surface area contributed by atoms with Crippen LogP contribution in [0.25, 0.3) is 0 Å². The lowest BCUT2D eigenvalue weighted by molar-refractivity contribution is -0.126. The van der Waals surface area contributed by atoms with Gasteiger partial charge in [0.15, 0.2) is 0 Å². The Morgan fingerprint density at radius 1 is 1.47 bits per heavy atom. The van der Waals surface area contributed by atoms with E-state index in [-0.39, 0.29) is 12.5 Å². The van der Waals surface area contributed by atoms with Crippen LogP contribution in [0.3, 0.4) is 0 Å². The van der Waals surface area contributed by atoms with Gasteiger partial charge in [-0.2, -0.15) is 0 Å². The number of nitrogens with one attached hydrogen (secondary N) is 1. The van der Waals surface area contributed by atoms with Crippen LogP contribution in [0.4, 0.5) is 0 Å². The molecule has 1 rings (SSSR count). The van der Waals surface area contributed by atoms with E-state index >= 15 is 0 Å². The SMILES string of the molecule is CCCOCC(=O)N[C@@H](C)C1CCCC1. The first-order chi connectivity index (χ1) is 7.24. The molecule has 0 radical (unpaired) electrons. The minimum Gasteiger partial charge on any atom is -0.372 e. The molecule has 0 heterocycles. The number of carbonyl (C=O) groups excluding carboxylic acids is 1. The van der Waals surface area contributed by atoms with Gasteiger partial charge in [-0.05, 0) is 32.1 Å². The van der Waals surface area contributed by atoms with Gasteiger partial charge in [0.2, 0.25) is 5.91 Å². The molecular weight excluding hydrogens is 190 g/mol. The molecule has 88 valence electrons. The standard InChI is InChI=1S/C12H23NO2/c1-3-8-15-9-12(14)13-10(2)11-6-4-5-7-11/h10-11H,3-9H2,1-2H3,(H,13,14)/t10-/m0/s1. The van der Waals surface area contributed by atoms with Crippen molar-refractivity contribution >= 4 is 5.91 Å². The van der Waals surface area contributed by atoms with Gasteiger partial charge in [-0.3, -0.25) is 4.79 Å². The largest absolute Gasteiger partial charge is 0.372 e. The van der Waals surface area contributed by atoms with E-state index in [1.807, 2.05) is 6.92 Å². The van der Waals surface area contributed by atoms with Gasteiger partial charge in [-0.1, -0.05) is 19.8 Å². The van der Waals surface area contributed by atoms with Crippen LogP contribution < -0.4 is 5.32 Å². The fourth-order valence-electron chi connectivity index (χ4n) is 2.18. The maximum Gasteiger partial charge on any atom is 0.246 e. The van der Waals surface area contributed by atoms with Crippen LogP contribution in [0.15, 0.2) is 0 Å². The average Bonchev–Trinajstić information content (AvgIpc) is 2.70. The number of carbonyl (C=O) groups is 1. The van der Waals surface area contributed by atoms with Gasteiger partial charge in [-0.15, -0.1) is 0 Å². The third kappa shape index (κ3) is 4.65. The lowest BCUT2D eigenvalue weighted by Gasteiger charge is -2.20. The lowest BCUT2D eigenvalue weighted by atomic mass is 10.00. The third-order valence-electron chi connectivity index (χ3n) is 3.08. The first-order valence-electron chi connectivity index (χ1n) is 6.11. The molecule has 1 fully saturated rings. The molecule has 0 aliphatic heterocycles. The minimum absolute atomic E-state index is 0.0304. The van der Waals surface area contributed by atoms with E-state index in [1.165, 1.54) is 25.7 Å². The predicted octanol–water partition coefficient (Wildman–Crippen LogP) is 2.11. The summed E-state index contributed by atoms with van der Waals surface area (Å²) in [5, 5.41) is 3.02. The van der Waals surface area contributed by atoms with Gasteiger partial charge in [0, 0.05) is 12.6 Å². The molecule has 1 atom stereocenters. The summed E-state index contributed by atoms with van der Waals surface area (Å²) in [5.74, 6) is 0.711. The van der Waals surface area contributed by atoms with Crippen molar-refractivity contribution in [2.45, 2.75) is 52.0 Å². The minimum atomic E-state index is 0.0304. The monoisotopic (exact) mass is 213 g/mol. The molecule has 0 aromatic carbocycles. The van der Waals surface area contributed by atoms with E-state index in [0.717, 1.165) is 6.42 Å². The van der Waals surface area contributed by atoms with E-state index in [2.05, 4.69) is 12.2 Å². The molecule has 0 spiro atoms. The average molecular weight is 213 g/mol. The summed E-state index contributed by atoms with van der Waals surface area (Å²) in [4.78, 5) is 11.4. The van der Waals surface area contributed by atoms with Gasteiger partial charge >= 0.3 is 0 Å². The van der Waals surface area contributed by atoms with E-state index in [4.69, 9.17) is 4.74 Å². The highest BCUT2D eigenvalue weighted by Crippen LogP contribution is 2.27. The van der Waals surface area contributed by atoms with Crippen LogP contribution in [0, 0.1) is 5.92 Å². The number of hydrogen-bond acceptors (Lipinski definition) is 2. The van der Waals surface area contributed by atoms with Gasteiger partial charge in [0.1, 0.15) is 6.61 Å².